The molecule has 0 fully saturated rings. The molecular weight excluding hydrogens is 384 g/mol. The summed E-state index contributed by atoms with van der Waals surface area (Å²) >= 11 is 0. The molecule has 3 rings (SSSR count). The SMILES string of the molecule is C/C(=N/NC(=O)c1ccc(NC(=O)c2ccccc2)cc1)c1ccc([N+](=O)[O-])cc1. The largest absolute Gasteiger partial charge is 0.322 e. The van der Waals surface area contributed by atoms with Gasteiger partial charge in [-0.3, -0.25) is 19.7 Å². The summed E-state index contributed by atoms with van der Waals surface area (Å²) < 4.78 is 0. The average molecular weight is 402 g/mol. The van der Waals surface area contributed by atoms with E-state index in [1.54, 1.807) is 67.6 Å². The first kappa shape index (κ1) is 20.4. The van der Waals surface area contributed by atoms with Gasteiger partial charge in [-0.05, 0) is 61.0 Å². The zero-order chi connectivity index (χ0) is 21.5. The van der Waals surface area contributed by atoms with Crippen LogP contribution in [0.1, 0.15) is 33.2 Å². The van der Waals surface area contributed by atoms with Crippen molar-refractivity contribution >= 4 is 28.9 Å². The number of carbonyl (C=O) groups excluding carboxylic acids is 2. The molecule has 3 aromatic carbocycles. The van der Waals surface area contributed by atoms with Crippen molar-refractivity contribution in [3.05, 3.63) is 106 Å². The van der Waals surface area contributed by atoms with Gasteiger partial charge in [0.05, 0.1) is 10.6 Å². The Labute approximate surface area is 172 Å². The highest BCUT2D eigenvalue weighted by Crippen LogP contribution is 2.13. The molecule has 2 N–H and O–H groups in total. The Kier molecular flexibility index (Phi) is 6.29. The lowest BCUT2D eigenvalue weighted by molar-refractivity contribution is -0.384. The molecule has 3 aromatic rings. The van der Waals surface area contributed by atoms with Gasteiger partial charge in [0.15, 0.2) is 0 Å². The fourth-order valence-corrected chi connectivity index (χ4v) is 2.59. The molecule has 0 aromatic heterocycles. The number of nitro benzene ring substituents is 1. The van der Waals surface area contributed by atoms with Crippen molar-refractivity contribution in [1.29, 1.82) is 0 Å². The summed E-state index contributed by atoms with van der Waals surface area (Å²) in [6.45, 7) is 1.68. The van der Waals surface area contributed by atoms with E-state index in [1.807, 2.05) is 6.07 Å². The third-order valence-corrected chi connectivity index (χ3v) is 4.26. The Morgan fingerprint density at radius 3 is 1.97 bits per heavy atom. The second-order valence-electron chi connectivity index (χ2n) is 6.34. The standard InChI is InChI=1S/C22H18N4O4/c1-15(16-9-13-20(14-10-16)26(29)30)24-25-22(28)18-7-11-19(12-8-18)23-21(27)17-5-3-2-4-6-17/h2-14H,1H3,(H,23,27)(H,25,28)/b24-15-. The summed E-state index contributed by atoms with van der Waals surface area (Å²) in [7, 11) is 0. The van der Waals surface area contributed by atoms with Crippen LogP contribution in [0, 0.1) is 10.1 Å². The topological polar surface area (TPSA) is 114 Å². The number of rotatable bonds is 6. The molecule has 0 heterocycles. The van der Waals surface area contributed by atoms with E-state index in [0.717, 1.165) is 0 Å². The molecule has 0 spiro atoms. The number of amides is 2. The van der Waals surface area contributed by atoms with E-state index in [1.165, 1.54) is 12.1 Å². The van der Waals surface area contributed by atoms with Gasteiger partial charge in [0.2, 0.25) is 0 Å². The van der Waals surface area contributed by atoms with Crippen LogP contribution in [-0.4, -0.2) is 22.4 Å². The summed E-state index contributed by atoms with van der Waals surface area (Å²) in [5, 5.41) is 17.5. The van der Waals surface area contributed by atoms with Crippen molar-refractivity contribution in [1.82, 2.24) is 5.43 Å². The zero-order valence-corrected chi connectivity index (χ0v) is 16.0. The molecule has 0 saturated carbocycles. The molecular formula is C22H18N4O4. The van der Waals surface area contributed by atoms with Crippen LogP contribution in [0.5, 0.6) is 0 Å². The van der Waals surface area contributed by atoms with Crippen molar-refractivity contribution in [2.45, 2.75) is 6.92 Å². The third kappa shape index (κ3) is 5.14. The van der Waals surface area contributed by atoms with Crippen LogP contribution in [0.3, 0.4) is 0 Å². The Bertz CT molecular complexity index is 1090. The summed E-state index contributed by atoms with van der Waals surface area (Å²) in [4.78, 5) is 34.7. The number of carbonyl (C=O) groups is 2. The van der Waals surface area contributed by atoms with Gasteiger partial charge in [-0.25, -0.2) is 5.43 Å². The lowest BCUT2D eigenvalue weighted by Gasteiger charge is -2.07. The van der Waals surface area contributed by atoms with E-state index in [0.29, 0.717) is 28.1 Å². The number of anilines is 1. The quantitative estimate of drug-likeness (QED) is 0.368. The van der Waals surface area contributed by atoms with Crippen LogP contribution in [0.4, 0.5) is 11.4 Å². The number of non-ortho nitro benzene ring substituents is 1. The summed E-state index contributed by atoms with van der Waals surface area (Å²) in [6.07, 6.45) is 0. The van der Waals surface area contributed by atoms with E-state index < -0.39 is 10.8 Å². The highest BCUT2D eigenvalue weighted by molar-refractivity contribution is 6.04. The minimum absolute atomic E-state index is 0.0185. The predicted molar refractivity (Wildman–Crippen MR) is 114 cm³/mol. The van der Waals surface area contributed by atoms with Gasteiger partial charge in [0.25, 0.3) is 17.5 Å². The molecule has 0 aliphatic rings. The fourth-order valence-electron chi connectivity index (χ4n) is 2.59. The van der Waals surface area contributed by atoms with Gasteiger partial charge in [-0.15, -0.1) is 0 Å². The van der Waals surface area contributed by atoms with Gasteiger partial charge >= 0.3 is 0 Å². The maximum Gasteiger partial charge on any atom is 0.271 e. The maximum atomic E-state index is 12.3. The van der Waals surface area contributed by atoms with E-state index >= 15 is 0 Å². The Hall–Kier alpha value is -4.33. The van der Waals surface area contributed by atoms with Crippen LogP contribution >= 0.6 is 0 Å². The van der Waals surface area contributed by atoms with E-state index in [9.17, 15) is 19.7 Å². The van der Waals surface area contributed by atoms with Crippen LogP contribution in [-0.2, 0) is 0 Å². The van der Waals surface area contributed by atoms with Gasteiger partial charge < -0.3 is 5.32 Å². The van der Waals surface area contributed by atoms with Crippen LogP contribution in [0.2, 0.25) is 0 Å². The molecule has 0 saturated heterocycles. The molecule has 0 aliphatic heterocycles. The van der Waals surface area contributed by atoms with Crippen LogP contribution < -0.4 is 10.7 Å². The molecule has 0 radical (unpaired) electrons. The molecule has 0 unspecified atom stereocenters. The van der Waals surface area contributed by atoms with Crippen LogP contribution in [0.15, 0.2) is 84.0 Å². The smallest absolute Gasteiger partial charge is 0.271 e. The second kappa shape index (κ2) is 9.24. The number of hydrogen-bond donors (Lipinski definition) is 2. The maximum absolute atomic E-state index is 12.3. The van der Waals surface area contributed by atoms with Crippen molar-refractivity contribution in [2.75, 3.05) is 5.32 Å². The Morgan fingerprint density at radius 2 is 1.37 bits per heavy atom. The molecule has 30 heavy (non-hydrogen) atoms. The van der Waals surface area contributed by atoms with Crippen molar-refractivity contribution in [2.24, 2.45) is 5.10 Å². The molecule has 0 bridgehead atoms. The Balaban J connectivity index is 1.60. The van der Waals surface area contributed by atoms with Crippen molar-refractivity contribution < 1.29 is 14.5 Å². The summed E-state index contributed by atoms with van der Waals surface area (Å²) in [6, 6.07) is 21.1. The van der Waals surface area contributed by atoms with Gasteiger partial charge in [-0.1, -0.05) is 18.2 Å². The van der Waals surface area contributed by atoms with Crippen molar-refractivity contribution in [3.63, 3.8) is 0 Å². The fraction of sp³-hybridized carbons (Fsp3) is 0.0455. The molecule has 150 valence electrons. The normalized spacial score (nSPS) is 10.9. The number of nitro groups is 1. The minimum atomic E-state index is -0.482. The Morgan fingerprint density at radius 1 is 0.800 bits per heavy atom. The molecule has 8 nitrogen and oxygen atoms in total. The highest BCUT2D eigenvalue weighted by Gasteiger charge is 2.09. The number of hydrogen-bond acceptors (Lipinski definition) is 5. The second-order valence-corrected chi connectivity index (χ2v) is 6.34. The molecule has 2 amide bonds. The lowest BCUT2D eigenvalue weighted by Crippen LogP contribution is -2.19. The summed E-state index contributed by atoms with van der Waals surface area (Å²) in [5.41, 5.74) is 5.05. The highest BCUT2D eigenvalue weighted by atomic mass is 16.6. The van der Waals surface area contributed by atoms with Gasteiger partial charge in [-0.2, -0.15) is 5.10 Å². The first-order chi connectivity index (χ1) is 14.4. The number of nitrogens with zero attached hydrogens (tertiary/aromatic N) is 2. The minimum Gasteiger partial charge on any atom is -0.322 e. The van der Waals surface area contributed by atoms with Gasteiger partial charge in [0.1, 0.15) is 0 Å². The molecule has 0 aliphatic carbocycles. The monoisotopic (exact) mass is 402 g/mol. The average Bonchev–Trinajstić information content (AvgIpc) is 2.78. The van der Waals surface area contributed by atoms with E-state index in [4.69, 9.17) is 0 Å². The molecule has 8 heteroatoms. The number of nitrogens with one attached hydrogen (secondary N) is 2. The summed E-state index contributed by atoms with van der Waals surface area (Å²) in [5.74, 6) is -0.659. The third-order valence-electron chi connectivity index (χ3n) is 4.26. The lowest BCUT2D eigenvalue weighted by atomic mass is 10.1. The number of benzene rings is 3. The number of hydrazone groups is 1. The van der Waals surface area contributed by atoms with E-state index in [2.05, 4.69) is 15.8 Å². The first-order valence-electron chi connectivity index (χ1n) is 9.00. The predicted octanol–water partition coefficient (Wildman–Crippen LogP) is 4.00. The zero-order valence-electron chi connectivity index (χ0n) is 16.0. The first-order valence-corrected chi connectivity index (χ1v) is 9.00. The van der Waals surface area contributed by atoms with Gasteiger partial charge in [0, 0.05) is 28.9 Å². The van der Waals surface area contributed by atoms with Crippen molar-refractivity contribution in [3.8, 4) is 0 Å². The van der Waals surface area contributed by atoms with Crippen LogP contribution in [0.25, 0.3) is 0 Å². The molecule has 0 atom stereocenters. The van der Waals surface area contributed by atoms with E-state index in [-0.39, 0.29) is 11.6 Å².